The molecule has 3 aromatic rings. The number of hydrogen-bond donors (Lipinski definition) is 1. The number of hydrogen-bond acceptors (Lipinski definition) is 4. The van der Waals surface area contributed by atoms with Crippen LogP contribution in [0.25, 0.3) is 0 Å². The van der Waals surface area contributed by atoms with Crippen molar-refractivity contribution in [1.82, 2.24) is 19.4 Å². The molecule has 0 aliphatic carbocycles. The Hall–Kier alpha value is -2.97. The molecule has 0 fully saturated rings. The molecule has 0 saturated carbocycles. The van der Waals surface area contributed by atoms with E-state index in [9.17, 15) is 13.2 Å². The molecule has 0 aliphatic rings. The first kappa shape index (κ1) is 24.7. The van der Waals surface area contributed by atoms with Gasteiger partial charge in [-0.1, -0.05) is 63.2 Å². The van der Waals surface area contributed by atoms with Gasteiger partial charge in [0.25, 0.3) is 0 Å². The van der Waals surface area contributed by atoms with Gasteiger partial charge in [0.2, 0.25) is 15.9 Å². The first-order valence-corrected chi connectivity index (χ1v) is 12.4. The number of nitrogens with one attached hydrogen (secondary N) is 1. The minimum atomic E-state index is -3.82. The van der Waals surface area contributed by atoms with Crippen LogP contribution in [-0.2, 0) is 33.3 Å². The molecule has 0 saturated heterocycles. The topological polar surface area (TPSA) is 84.3 Å². The van der Waals surface area contributed by atoms with Gasteiger partial charge in [0, 0.05) is 25.4 Å². The summed E-state index contributed by atoms with van der Waals surface area (Å²) in [6.45, 7) is 8.73. The first-order valence-electron chi connectivity index (χ1n) is 10.9. The maximum atomic E-state index is 12.8. The van der Waals surface area contributed by atoms with Crippen LogP contribution in [0.4, 0.5) is 0 Å². The minimum Gasteiger partial charge on any atom is -0.340 e. The fraction of sp³-hybridized carbons (Fsp3) is 0.360. The third kappa shape index (κ3) is 6.52. The number of carbonyl (C=O) groups excluding carboxylic acids is 1. The third-order valence-electron chi connectivity index (χ3n) is 5.40. The summed E-state index contributed by atoms with van der Waals surface area (Å²) in [4.78, 5) is 14.5. The zero-order chi connectivity index (χ0) is 24.2. The molecular weight excluding hydrogens is 436 g/mol. The van der Waals surface area contributed by atoms with Crippen LogP contribution in [0.3, 0.4) is 0 Å². The molecule has 1 amide bonds. The highest BCUT2D eigenvalue weighted by Crippen LogP contribution is 2.23. The van der Waals surface area contributed by atoms with Gasteiger partial charge >= 0.3 is 0 Å². The summed E-state index contributed by atoms with van der Waals surface area (Å²) in [5, 5.41) is 4.36. The zero-order valence-corrected chi connectivity index (χ0v) is 20.6. The Labute approximate surface area is 196 Å². The maximum absolute atomic E-state index is 12.8. The van der Waals surface area contributed by atoms with Gasteiger partial charge in [-0.15, -0.1) is 0 Å². The Morgan fingerprint density at radius 2 is 1.70 bits per heavy atom. The van der Waals surface area contributed by atoms with Crippen LogP contribution in [-0.4, -0.2) is 42.1 Å². The summed E-state index contributed by atoms with van der Waals surface area (Å²) in [6, 6.07) is 15.8. The number of rotatable bonds is 8. The van der Waals surface area contributed by atoms with E-state index in [-0.39, 0.29) is 16.2 Å². The molecule has 0 radical (unpaired) electrons. The van der Waals surface area contributed by atoms with E-state index in [2.05, 4.69) is 30.6 Å². The molecule has 8 heteroatoms. The van der Waals surface area contributed by atoms with Crippen molar-refractivity contribution >= 4 is 15.9 Å². The number of sulfonamides is 1. The number of benzene rings is 2. The molecule has 1 aromatic heterocycles. The standard InChI is InChI=1S/C25H32N4O3S/c1-19(27-33(31,32)23-13-11-22(12-14-23)25(2,3)4)24(30)28(5)16-21-15-26-29(18-21)17-20-9-7-6-8-10-20/h6-15,18-19,27H,16-17H2,1-5H3/t19-/m1/s1. The lowest BCUT2D eigenvalue weighted by Crippen LogP contribution is -2.45. The van der Waals surface area contributed by atoms with E-state index >= 15 is 0 Å². The molecule has 1 heterocycles. The van der Waals surface area contributed by atoms with Crippen molar-refractivity contribution in [3.63, 3.8) is 0 Å². The molecule has 176 valence electrons. The van der Waals surface area contributed by atoms with Gasteiger partial charge in [0.05, 0.1) is 23.7 Å². The van der Waals surface area contributed by atoms with Crippen molar-refractivity contribution in [3.05, 3.63) is 83.7 Å². The number of nitrogens with zero attached hydrogens (tertiary/aromatic N) is 3. The Morgan fingerprint density at radius 3 is 2.30 bits per heavy atom. The van der Waals surface area contributed by atoms with Crippen LogP contribution in [0.15, 0.2) is 71.9 Å². The number of aromatic nitrogens is 2. The molecule has 3 rings (SSSR count). The molecule has 7 nitrogen and oxygen atoms in total. The van der Waals surface area contributed by atoms with Gasteiger partial charge in [-0.3, -0.25) is 9.48 Å². The fourth-order valence-electron chi connectivity index (χ4n) is 3.51. The number of carbonyl (C=O) groups is 1. The molecule has 1 atom stereocenters. The van der Waals surface area contributed by atoms with Crippen LogP contribution in [0.1, 0.15) is 44.4 Å². The molecule has 2 aromatic carbocycles. The number of amides is 1. The third-order valence-corrected chi connectivity index (χ3v) is 6.96. The van der Waals surface area contributed by atoms with Gasteiger partial charge in [-0.05, 0) is 35.6 Å². The van der Waals surface area contributed by atoms with Crippen molar-refractivity contribution in [2.24, 2.45) is 0 Å². The van der Waals surface area contributed by atoms with Crippen LogP contribution in [0.2, 0.25) is 0 Å². The highest BCUT2D eigenvalue weighted by molar-refractivity contribution is 7.89. The lowest BCUT2D eigenvalue weighted by molar-refractivity contribution is -0.131. The summed E-state index contributed by atoms with van der Waals surface area (Å²) in [7, 11) is -2.17. The van der Waals surface area contributed by atoms with Gasteiger partial charge in [0.1, 0.15) is 0 Å². The highest BCUT2D eigenvalue weighted by atomic mass is 32.2. The zero-order valence-electron chi connectivity index (χ0n) is 19.8. The minimum absolute atomic E-state index is 0.0728. The molecule has 33 heavy (non-hydrogen) atoms. The normalized spacial score (nSPS) is 13.0. The largest absolute Gasteiger partial charge is 0.340 e. The predicted octanol–water partition coefficient (Wildman–Crippen LogP) is 3.55. The van der Waals surface area contributed by atoms with Crippen molar-refractivity contribution in [2.45, 2.75) is 57.1 Å². The van der Waals surface area contributed by atoms with E-state index in [1.54, 1.807) is 44.4 Å². The summed E-state index contributed by atoms with van der Waals surface area (Å²) in [6.07, 6.45) is 3.61. The Balaban J connectivity index is 1.60. The quantitative estimate of drug-likeness (QED) is 0.548. The average molecular weight is 469 g/mol. The van der Waals surface area contributed by atoms with E-state index in [4.69, 9.17) is 0 Å². The predicted molar refractivity (Wildman–Crippen MR) is 129 cm³/mol. The van der Waals surface area contributed by atoms with Crippen molar-refractivity contribution in [1.29, 1.82) is 0 Å². The number of likely N-dealkylation sites (N-methyl/N-ethyl adjacent to an activating group) is 1. The van der Waals surface area contributed by atoms with Gasteiger partial charge in [-0.2, -0.15) is 9.82 Å². The Kier molecular flexibility index (Phi) is 7.39. The Morgan fingerprint density at radius 1 is 1.06 bits per heavy atom. The van der Waals surface area contributed by atoms with Crippen LogP contribution in [0, 0.1) is 0 Å². The van der Waals surface area contributed by atoms with Gasteiger partial charge in [-0.25, -0.2) is 8.42 Å². The first-order chi connectivity index (χ1) is 15.5. The van der Waals surface area contributed by atoms with E-state index in [1.807, 2.05) is 41.2 Å². The van der Waals surface area contributed by atoms with Crippen molar-refractivity contribution in [3.8, 4) is 0 Å². The fourth-order valence-corrected chi connectivity index (χ4v) is 4.71. The molecule has 1 N–H and O–H groups in total. The molecular formula is C25H32N4O3S. The van der Waals surface area contributed by atoms with E-state index in [0.29, 0.717) is 13.1 Å². The average Bonchev–Trinajstić information content (AvgIpc) is 3.19. The lowest BCUT2D eigenvalue weighted by Gasteiger charge is -2.22. The Bertz CT molecular complexity index is 1180. The van der Waals surface area contributed by atoms with Gasteiger partial charge in [0.15, 0.2) is 0 Å². The molecule has 0 spiro atoms. The summed E-state index contributed by atoms with van der Waals surface area (Å²) in [5.74, 6) is -0.319. The second-order valence-electron chi connectivity index (χ2n) is 9.34. The SMILES string of the molecule is C[C@@H](NS(=O)(=O)c1ccc(C(C)(C)C)cc1)C(=O)N(C)Cc1cnn(Cc2ccccc2)c1. The summed E-state index contributed by atoms with van der Waals surface area (Å²) in [5.41, 5.74) is 2.97. The lowest BCUT2D eigenvalue weighted by atomic mass is 9.87. The van der Waals surface area contributed by atoms with Crippen LogP contribution >= 0.6 is 0 Å². The van der Waals surface area contributed by atoms with E-state index in [0.717, 1.165) is 16.7 Å². The van der Waals surface area contributed by atoms with Crippen LogP contribution in [0.5, 0.6) is 0 Å². The second-order valence-corrected chi connectivity index (χ2v) is 11.1. The van der Waals surface area contributed by atoms with Gasteiger partial charge < -0.3 is 4.90 Å². The second kappa shape index (κ2) is 9.89. The van der Waals surface area contributed by atoms with Crippen LogP contribution < -0.4 is 4.72 Å². The smallest absolute Gasteiger partial charge is 0.241 e. The van der Waals surface area contributed by atoms with Crippen molar-refractivity contribution < 1.29 is 13.2 Å². The maximum Gasteiger partial charge on any atom is 0.241 e. The van der Waals surface area contributed by atoms with E-state index < -0.39 is 16.1 Å². The molecule has 0 aliphatic heterocycles. The molecule has 0 unspecified atom stereocenters. The highest BCUT2D eigenvalue weighted by Gasteiger charge is 2.25. The monoisotopic (exact) mass is 468 g/mol. The summed E-state index contributed by atoms with van der Waals surface area (Å²) < 4.78 is 29.9. The molecule has 0 bridgehead atoms. The van der Waals surface area contributed by atoms with E-state index in [1.165, 1.54) is 4.90 Å². The van der Waals surface area contributed by atoms with Crippen molar-refractivity contribution in [2.75, 3.05) is 7.05 Å². The summed E-state index contributed by atoms with van der Waals surface area (Å²) >= 11 is 0.